The van der Waals surface area contributed by atoms with Gasteiger partial charge in [0.15, 0.2) is 23.9 Å². The Morgan fingerprint density at radius 1 is 1.24 bits per heavy atom. The lowest BCUT2D eigenvalue weighted by atomic mass is 9.70. The molecule has 1 heterocycles. The molecule has 0 fully saturated rings. The molecule has 3 N–H and O–H groups in total. The van der Waals surface area contributed by atoms with Crippen LogP contribution in [0.2, 0.25) is 5.02 Å². The van der Waals surface area contributed by atoms with Gasteiger partial charge in [0.1, 0.15) is 17.4 Å². The smallest absolute Gasteiger partial charge is 0.262 e. The van der Waals surface area contributed by atoms with Gasteiger partial charge in [0.2, 0.25) is 5.88 Å². The number of hydrogen-bond acceptors (Lipinski definition) is 7. The van der Waals surface area contributed by atoms with Gasteiger partial charge in [0, 0.05) is 29.1 Å². The van der Waals surface area contributed by atoms with Crippen LogP contribution in [0.15, 0.2) is 59.2 Å². The minimum atomic E-state index is -0.686. The third-order valence-corrected chi connectivity index (χ3v) is 6.66. The van der Waals surface area contributed by atoms with Crippen molar-refractivity contribution in [2.45, 2.75) is 39.5 Å². The van der Waals surface area contributed by atoms with Crippen LogP contribution in [0.1, 0.15) is 43.7 Å². The zero-order chi connectivity index (χ0) is 26.9. The summed E-state index contributed by atoms with van der Waals surface area (Å²) in [6.07, 6.45) is 0.868. The van der Waals surface area contributed by atoms with Crippen molar-refractivity contribution in [3.63, 3.8) is 0 Å². The van der Waals surface area contributed by atoms with E-state index in [1.807, 2.05) is 26.8 Å². The number of methoxy groups -OCH3 is 1. The Morgan fingerprint density at radius 3 is 2.70 bits per heavy atom. The number of nitrogens with two attached hydrogens (primary N) is 1. The largest absolute Gasteiger partial charge is 0.493 e. The molecule has 8 nitrogen and oxygen atoms in total. The fourth-order valence-corrected chi connectivity index (χ4v) is 4.83. The second-order valence-electron chi connectivity index (χ2n) is 9.91. The van der Waals surface area contributed by atoms with Gasteiger partial charge in [-0.1, -0.05) is 37.6 Å². The molecule has 0 saturated heterocycles. The molecule has 1 amide bonds. The van der Waals surface area contributed by atoms with E-state index in [2.05, 4.69) is 11.4 Å². The Kier molecular flexibility index (Phi) is 7.19. The van der Waals surface area contributed by atoms with Gasteiger partial charge in [0.25, 0.3) is 5.91 Å². The molecular formula is C28H28ClN3O5. The van der Waals surface area contributed by atoms with Crippen LogP contribution in [0.3, 0.4) is 0 Å². The number of halogens is 1. The summed E-state index contributed by atoms with van der Waals surface area (Å²) in [5.41, 5.74) is 8.53. The van der Waals surface area contributed by atoms with Crippen molar-refractivity contribution >= 4 is 29.0 Å². The number of nitrogens with one attached hydrogen (secondary N) is 1. The molecule has 37 heavy (non-hydrogen) atoms. The monoisotopic (exact) mass is 521 g/mol. The lowest BCUT2D eigenvalue weighted by Gasteiger charge is -2.37. The summed E-state index contributed by atoms with van der Waals surface area (Å²) in [5.74, 6) is 0.0280. The molecule has 1 unspecified atom stereocenters. The normalized spacial score (nSPS) is 18.5. The molecule has 0 spiro atoms. The predicted molar refractivity (Wildman–Crippen MR) is 139 cm³/mol. The highest BCUT2D eigenvalue weighted by molar-refractivity contribution is 6.31. The Bertz CT molecular complexity index is 1390. The number of anilines is 1. The van der Waals surface area contributed by atoms with E-state index in [4.69, 9.17) is 31.5 Å². The van der Waals surface area contributed by atoms with Crippen molar-refractivity contribution in [2.75, 3.05) is 19.0 Å². The van der Waals surface area contributed by atoms with Crippen LogP contribution in [0.4, 0.5) is 5.69 Å². The maximum atomic E-state index is 13.2. The maximum Gasteiger partial charge on any atom is 0.262 e. The highest BCUT2D eigenvalue weighted by atomic mass is 35.5. The number of nitrogens with zero attached hydrogens (tertiary/aromatic N) is 1. The molecule has 192 valence electrons. The van der Waals surface area contributed by atoms with E-state index in [0.29, 0.717) is 51.9 Å². The molecule has 0 bridgehead atoms. The standard InChI is InChI=1S/C28H28ClN3O5/c1-15-5-7-17(29)10-19(15)32-24(34)14-36-21-8-6-16(9-22(21)35-4)25-18(13-30)27(31)37-23-12-28(2,3)11-20(33)26(23)25/h5-10,25H,11-12,14,31H2,1-4H3,(H,32,34). The molecule has 2 aromatic carbocycles. The Balaban J connectivity index is 1.59. The van der Waals surface area contributed by atoms with E-state index in [9.17, 15) is 14.9 Å². The number of amides is 1. The Morgan fingerprint density at radius 2 is 2.00 bits per heavy atom. The summed E-state index contributed by atoms with van der Waals surface area (Å²) in [6.45, 7) is 5.58. The van der Waals surface area contributed by atoms with Gasteiger partial charge in [-0.25, -0.2) is 0 Å². The number of carbonyl (C=O) groups excluding carboxylic acids is 2. The average molecular weight is 522 g/mol. The number of benzene rings is 2. The number of rotatable bonds is 6. The molecule has 1 aliphatic heterocycles. The quantitative estimate of drug-likeness (QED) is 0.540. The van der Waals surface area contributed by atoms with Crippen LogP contribution in [0.25, 0.3) is 0 Å². The average Bonchev–Trinajstić information content (AvgIpc) is 2.83. The number of ketones is 1. The molecule has 0 aromatic heterocycles. The summed E-state index contributed by atoms with van der Waals surface area (Å²) < 4.78 is 17.0. The van der Waals surface area contributed by atoms with Gasteiger partial charge in [-0.15, -0.1) is 0 Å². The molecule has 0 radical (unpaired) electrons. The molecular weight excluding hydrogens is 494 g/mol. The first kappa shape index (κ1) is 26.1. The van der Waals surface area contributed by atoms with Gasteiger partial charge < -0.3 is 25.3 Å². The molecule has 9 heteroatoms. The molecule has 2 aromatic rings. The summed E-state index contributed by atoms with van der Waals surface area (Å²) >= 11 is 6.02. The predicted octanol–water partition coefficient (Wildman–Crippen LogP) is 5.13. The van der Waals surface area contributed by atoms with Crippen LogP contribution in [0.5, 0.6) is 11.5 Å². The van der Waals surface area contributed by atoms with Crippen LogP contribution < -0.4 is 20.5 Å². The first-order chi connectivity index (χ1) is 17.5. The molecule has 4 rings (SSSR count). The van der Waals surface area contributed by atoms with Crippen molar-refractivity contribution in [3.05, 3.63) is 75.3 Å². The van der Waals surface area contributed by atoms with E-state index >= 15 is 0 Å². The van der Waals surface area contributed by atoms with Crippen molar-refractivity contribution in [1.82, 2.24) is 0 Å². The number of aryl methyl sites for hydroxylation is 1. The van der Waals surface area contributed by atoms with Crippen LogP contribution in [0, 0.1) is 23.7 Å². The topological polar surface area (TPSA) is 124 Å². The maximum absolute atomic E-state index is 13.2. The fraction of sp³-hybridized carbons (Fsp3) is 0.321. The summed E-state index contributed by atoms with van der Waals surface area (Å²) in [5, 5.41) is 13.1. The summed E-state index contributed by atoms with van der Waals surface area (Å²) in [6, 6.07) is 12.4. The van der Waals surface area contributed by atoms with Crippen molar-refractivity contribution in [1.29, 1.82) is 5.26 Å². The first-order valence-corrected chi connectivity index (χ1v) is 12.1. The van der Waals surface area contributed by atoms with Crippen molar-refractivity contribution in [2.24, 2.45) is 11.1 Å². The van der Waals surface area contributed by atoms with Gasteiger partial charge in [-0.05, 0) is 47.7 Å². The van der Waals surface area contributed by atoms with E-state index in [-0.39, 0.29) is 35.2 Å². The van der Waals surface area contributed by atoms with E-state index in [1.54, 1.807) is 30.3 Å². The number of nitriles is 1. The number of ether oxygens (including phenoxy) is 3. The zero-order valence-electron chi connectivity index (χ0n) is 21.1. The molecule has 2 aliphatic rings. The lowest BCUT2D eigenvalue weighted by molar-refractivity contribution is -0.119. The van der Waals surface area contributed by atoms with Gasteiger partial charge in [-0.3, -0.25) is 9.59 Å². The summed E-state index contributed by atoms with van der Waals surface area (Å²) in [7, 11) is 1.47. The Labute approximate surface area is 220 Å². The SMILES string of the molecule is COc1cc(C2C(C#N)=C(N)OC3=C2C(=O)CC(C)(C)C3)ccc1OCC(=O)Nc1cc(Cl)ccc1C. The van der Waals surface area contributed by atoms with Gasteiger partial charge >= 0.3 is 0 Å². The molecule has 1 aliphatic carbocycles. The lowest BCUT2D eigenvalue weighted by Crippen LogP contribution is -2.33. The van der Waals surface area contributed by atoms with Crippen LogP contribution in [-0.4, -0.2) is 25.4 Å². The van der Waals surface area contributed by atoms with Gasteiger partial charge in [-0.2, -0.15) is 5.26 Å². The highest BCUT2D eigenvalue weighted by Crippen LogP contribution is 2.48. The zero-order valence-corrected chi connectivity index (χ0v) is 21.9. The van der Waals surface area contributed by atoms with Crippen molar-refractivity contribution in [3.8, 4) is 17.6 Å². The second-order valence-corrected chi connectivity index (χ2v) is 10.3. The first-order valence-electron chi connectivity index (χ1n) is 11.7. The third-order valence-electron chi connectivity index (χ3n) is 6.43. The van der Waals surface area contributed by atoms with E-state index in [1.165, 1.54) is 7.11 Å². The minimum Gasteiger partial charge on any atom is -0.493 e. The van der Waals surface area contributed by atoms with Gasteiger partial charge in [0.05, 0.1) is 13.0 Å². The van der Waals surface area contributed by atoms with E-state index in [0.717, 1.165) is 5.56 Å². The molecule has 1 atom stereocenters. The number of carbonyl (C=O) groups is 2. The Hall–Kier alpha value is -3.96. The number of allylic oxidation sites excluding steroid dienone is 3. The second kappa shape index (κ2) is 10.2. The fourth-order valence-electron chi connectivity index (χ4n) is 4.66. The third kappa shape index (κ3) is 5.42. The highest BCUT2D eigenvalue weighted by Gasteiger charge is 2.43. The van der Waals surface area contributed by atoms with E-state index < -0.39 is 5.92 Å². The van der Waals surface area contributed by atoms with Crippen LogP contribution >= 0.6 is 11.6 Å². The van der Waals surface area contributed by atoms with Crippen molar-refractivity contribution < 1.29 is 23.8 Å². The minimum absolute atomic E-state index is 0.0102. The number of Topliss-reactive ketones (excluding diaryl/α,β-unsaturated/α-hetero) is 1. The van der Waals surface area contributed by atoms with Crippen LogP contribution in [-0.2, 0) is 14.3 Å². The summed E-state index contributed by atoms with van der Waals surface area (Å²) in [4.78, 5) is 25.7. The number of hydrogen-bond donors (Lipinski definition) is 2. The molecule has 0 saturated carbocycles.